The van der Waals surface area contributed by atoms with Crippen LogP contribution in [0.15, 0.2) is 54.6 Å². The normalized spacial score (nSPS) is 10.5. The van der Waals surface area contributed by atoms with Crippen molar-refractivity contribution in [2.24, 2.45) is 0 Å². The summed E-state index contributed by atoms with van der Waals surface area (Å²) in [7, 11) is 0. The summed E-state index contributed by atoms with van der Waals surface area (Å²) >= 11 is 0. The number of rotatable bonds is 4. The highest BCUT2D eigenvalue weighted by Gasteiger charge is 2.05. The van der Waals surface area contributed by atoms with Gasteiger partial charge in [-0.3, -0.25) is 20.4 Å². The summed E-state index contributed by atoms with van der Waals surface area (Å²) in [5.41, 5.74) is 6.74. The van der Waals surface area contributed by atoms with Crippen LogP contribution in [-0.2, 0) is 11.2 Å². The first-order valence-corrected chi connectivity index (χ1v) is 7.21. The molecule has 0 unspecified atom stereocenters. The van der Waals surface area contributed by atoms with E-state index in [9.17, 15) is 14.0 Å². The minimum atomic E-state index is -0.507. The van der Waals surface area contributed by atoms with Crippen LogP contribution in [0.3, 0.4) is 0 Å². The quantitative estimate of drug-likeness (QED) is 0.674. The number of aryl methyl sites for hydroxylation is 1. The molecule has 0 radical (unpaired) electrons. The Morgan fingerprint density at radius 3 is 2.48 bits per heavy atom. The van der Waals surface area contributed by atoms with E-state index in [4.69, 9.17) is 0 Å². The smallest absolute Gasteiger partial charge is 0.268 e. The van der Waals surface area contributed by atoms with E-state index in [0.29, 0.717) is 11.1 Å². The van der Waals surface area contributed by atoms with Crippen LogP contribution in [0.2, 0.25) is 0 Å². The number of hydrazine groups is 1. The second-order valence-electron chi connectivity index (χ2n) is 4.88. The summed E-state index contributed by atoms with van der Waals surface area (Å²) in [4.78, 5) is 23.5. The molecule has 118 valence electrons. The van der Waals surface area contributed by atoms with Crippen molar-refractivity contribution in [3.8, 4) is 0 Å². The summed E-state index contributed by atoms with van der Waals surface area (Å²) < 4.78 is 13.0. The lowest BCUT2D eigenvalue weighted by Crippen LogP contribution is -2.40. The van der Waals surface area contributed by atoms with Gasteiger partial charge in [-0.2, -0.15) is 0 Å². The maximum absolute atomic E-state index is 13.0. The SMILES string of the molecule is CCc1ccc(C(=O)NNC(=O)C=Cc2cccc(F)c2)cc1. The number of hydrogen-bond donors (Lipinski definition) is 2. The van der Waals surface area contributed by atoms with Crippen molar-refractivity contribution in [2.75, 3.05) is 0 Å². The van der Waals surface area contributed by atoms with Crippen molar-refractivity contribution in [3.05, 3.63) is 77.1 Å². The molecule has 5 heteroatoms. The van der Waals surface area contributed by atoms with Gasteiger partial charge in [-0.25, -0.2) is 4.39 Å². The van der Waals surface area contributed by atoms with Crippen LogP contribution in [0.25, 0.3) is 6.08 Å². The third-order valence-electron chi connectivity index (χ3n) is 3.20. The fourth-order valence-electron chi connectivity index (χ4n) is 1.91. The van der Waals surface area contributed by atoms with E-state index in [2.05, 4.69) is 10.9 Å². The fourth-order valence-corrected chi connectivity index (χ4v) is 1.91. The molecule has 0 aromatic heterocycles. The number of benzene rings is 2. The Morgan fingerprint density at radius 2 is 1.83 bits per heavy atom. The van der Waals surface area contributed by atoms with Gasteiger partial charge in [-0.1, -0.05) is 31.2 Å². The van der Waals surface area contributed by atoms with E-state index in [1.54, 1.807) is 24.3 Å². The third kappa shape index (κ3) is 5.07. The average molecular weight is 312 g/mol. The van der Waals surface area contributed by atoms with Gasteiger partial charge in [0.15, 0.2) is 0 Å². The molecular formula is C18H17FN2O2. The Kier molecular flexibility index (Phi) is 5.63. The first-order valence-electron chi connectivity index (χ1n) is 7.21. The molecule has 0 aliphatic heterocycles. The maximum atomic E-state index is 13.0. The van der Waals surface area contributed by atoms with Crippen LogP contribution < -0.4 is 10.9 Å². The summed E-state index contributed by atoms with van der Waals surface area (Å²) in [6.45, 7) is 2.03. The molecule has 0 aliphatic rings. The van der Waals surface area contributed by atoms with Gasteiger partial charge < -0.3 is 0 Å². The van der Waals surface area contributed by atoms with Crippen LogP contribution in [0.1, 0.15) is 28.4 Å². The molecule has 2 N–H and O–H groups in total. The van der Waals surface area contributed by atoms with E-state index in [-0.39, 0.29) is 5.82 Å². The van der Waals surface area contributed by atoms with Gasteiger partial charge in [0.1, 0.15) is 5.82 Å². The van der Waals surface area contributed by atoms with Gasteiger partial charge in [0.05, 0.1) is 0 Å². The van der Waals surface area contributed by atoms with E-state index < -0.39 is 11.8 Å². The topological polar surface area (TPSA) is 58.2 Å². The zero-order chi connectivity index (χ0) is 16.7. The van der Waals surface area contributed by atoms with Gasteiger partial charge in [-0.15, -0.1) is 0 Å². The first kappa shape index (κ1) is 16.4. The molecule has 0 saturated heterocycles. The summed E-state index contributed by atoms with van der Waals surface area (Å²) in [5, 5.41) is 0. The van der Waals surface area contributed by atoms with Crippen molar-refractivity contribution in [1.29, 1.82) is 0 Å². The molecule has 2 rings (SSSR count). The monoisotopic (exact) mass is 312 g/mol. The molecule has 2 aromatic rings. The zero-order valence-electron chi connectivity index (χ0n) is 12.7. The van der Waals surface area contributed by atoms with Crippen molar-refractivity contribution in [1.82, 2.24) is 10.9 Å². The predicted octanol–water partition coefficient (Wildman–Crippen LogP) is 2.86. The van der Waals surface area contributed by atoms with Gasteiger partial charge >= 0.3 is 0 Å². The molecule has 0 saturated carbocycles. The van der Waals surface area contributed by atoms with E-state index in [1.165, 1.54) is 24.3 Å². The third-order valence-corrected chi connectivity index (χ3v) is 3.20. The van der Waals surface area contributed by atoms with Gasteiger partial charge in [0.2, 0.25) is 0 Å². The van der Waals surface area contributed by atoms with Crippen LogP contribution in [0.4, 0.5) is 4.39 Å². The Labute approximate surface area is 134 Å². The predicted molar refractivity (Wildman–Crippen MR) is 86.9 cm³/mol. The van der Waals surface area contributed by atoms with Gasteiger partial charge in [0.25, 0.3) is 11.8 Å². The number of nitrogens with one attached hydrogen (secondary N) is 2. The number of carbonyl (C=O) groups is 2. The zero-order valence-corrected chi connectivity index (χ0v) is 12.7. The molecular weight excluding hydrogens is 295 g/mol. The largest absolute Gasteiger partial charge is 0.269 e. The Morgan fingerprint density at radius 1 is 1.09 bits per heavy atom. The number of amides is 2. The van der Waals surface area contributed by atoms with E-state index >= 15 is 0 Å². The maximum Gasteiger partial charge on any atom is 0.269 e. The molecule has 23 heavy (non-hydrogen) atoms. The molecule has 2 aromatic carbocycles. The Balaban J connectivity index is 1.87. The molecule has 0 spiro atoms. The molecule has 2 amide bonds. The van der Waals surface area contributed by atoms with Crippen LogP contribution in [-0.4, -0.2) is 11.8 Å². The van der Waals surface area contributed by atoms with Crippen LogP contribution in [0, 0.1) is 5.82 Å². The van der Waals surface area contributed by atoms with Crippen molar-refractivity contribution < 1.29 is 14.0 Å². The molecule has 4 nitrogen and oxygen atoms in total. The second kappa shape index (κ2) is 7.89. The lowest BCUT2D eigenvalue weighted by Gasteiger charge is -2.06. The van der Waals surface area contributed by atoms with Crippen molar-refractivity contribution in [3.63, 3.8) is 0 Å². The van der Waals surface area contributed by atoms with Gasteiger partial charge in [0, 0.05) is 11.6 Å². The van der Waals surface area contributed by atoms with Crippen LogP contribution in [0.5, 0.6) is 0 Å². The van der Waals surface area contributed by atoms with Crippen molar-refractivity contribution >= 4 is 17.9 Å². The van der Waals surface area contributed by atoms with E-state index in [0.717, 1.165) is 12.0 Å². The summed E-state index contributed by atoms with van der Waals surface area (Å²) in [5.74, 6) is -1.29. The Hall–Kier alpha value is -2.95. The second-order valence-corrected chi connectivity index (χ2v) is 4.88. The summed E-state index contributed by atoms with van der Waals surface area (Å²) in [6, 6.07) is 13.0. The molecule has 0 heterocycles. The average Bonchev–Trinajstić information content (AvgIpc) is 2.58. The van der Waals surface area contributed by atoms with E-state index in [1.807, 2.05) is 19.1 Å². The molecule has 0 fully saturated rings. The fraction of sp³-hybridized carbons (Fsp3) is 0.111. The van der Waals surface area contributed by atoms with Crippen molar-refractivity contribution in [2.45, 2.75) is 13.3 Å². The first-order chi connectivity index (χ1) is 11.1. The lowest BCUT2D eigenvalue weighted by molar-refractivity contribution is -0.117. The Bertz CT molecular complexity index is 724. The van der Waals surface area contributed by atoms with Gasteiger partial charge in [-0.05, 0) is 47.9 Å². The minimum Gasteiger partial charge on any atom is -0.268 e. The van der Waals surface area contributed by atoms with Crippen LogP contribution >= 0.6 is 0 Å². The lowest BCUT2D eigenvalue weighted by atomic mass is 10.1. The standard InChI is InChI=1S/C18H17FN2O2/c1-2-13-6-9-15(10-7-13)18(23)21-20-17(22)11-8-14-4-3-5-16(19)12-14/h3-12H,2H2,1H3,(H,20,22)(H,21,23). The number of halogens is 1. The molecule has 0 aliphatic carbocycles. The molecule has 0 bridgehead atoms. The highest BCUT2D eigenvalue weighted by atomic mass is 19.1. The number of carbonyl (C=O) groups excluding carboxylic acids is 2. The summed E-state index contributed by atoms with van der Waals surface area (Å²) in [6.07, 6.45) is 3.57. The highest BCUT2D eigenvalue weighted by Crippen LogP contribution is 2.06. The molecule has 0 atom stereocenters. The minimum absolute atomic E-state index is 0.378. The highest BCUT2D eigenvalue weighted by molar-refractivity contribution is 5.97. The number of hydrogen-bond acceptors (Lipinski definition) is 2.